The van der Waals surface area contributed by atoms with E-state index in [0.29, 0.717) is 28.5 Å². The van der Waals surface area contributed by atoms with E-state index in [2.05, 4.69) is 46.5 Å². The Morgan fingerprint density at radius 2 is 1.85 bits per heavy atom. The molecule has 0 unspecified atom stereocenters. The van der Waals surface area contributed by atoms with Crippen LogP contribution in [0.3, 0.4) is 0 Å². The van der Waals surface area contributed by atoms with Crippen LogP contribution in [-0.4, -0.2) is 31.4 Å². The minimum atomic E-state index is -0.102. The van der Waals surface area contributed by atoms with E-state index in [1.807, 2.05) is 53.1 Å². The SMILES string of the molecule is CC(C)c1ccccc1-n1c(SCC(=O)NCc2ccccc2Cl)nnc1-c1cccnc1. The first-order valence-electron chi connectivity index (χ1n) is 10.6. The summed E-state index contributed by atoms with van der Waals surface area (Å²) in [7, 11) is 0. The van der Waals surface area contributed by atoms with E-state index in [1.165, 1.54) is 17.3 Å². The molecule has 1 amide bonds. The molecule has 2 heterocycles. The van der Waals surface area contributed by atoms with E-state index >= 15 is 0 Å². The molecule has 8 heteroatoms. The molecule has 0 aliphatic rings. The highest BCUT2D eigenvalue weighted by molar-refractivity contribution is 7.99. The van der Waals surface area contributed by atoms with Crippen molar-refractivity contribution >= 4 is 29.3 Å². The zero-order valence-corrected chi connectivity index (χ0v) is 20.0. The van der Waals surface area contributed by atoms with E-state index in [4.69, 9.17) is 11.6 Å². The summed E-state index contributed by atoms with van der Waals surface area (Å²) in [5.74, 6) is 1.10. The third kappa shape index (κ3) is 5.43. The molecule has 0 aliphatic heterocycles. The fourth-order valence-corrected chi connectivity index (χ4v) is 4.44. The van der Waals surface area contributed by atoms with E-state index in [-0.39, 0.29) is 11.7 Å². The van der Waals surface area contributed by atoms with Crippen molar-refractivity contribution in [3.63, 3.8) is 0 Å². The monoisotopic (exact) mass is 477 g/mol. The maximum atomic E-state index is 12.6. The molecule has 6 nitrogen and oxygen atoms in total. The molecule has 4 aromatic rings. The molecule has 0 saturated heterocycles. The number of rotatable bonds is 8. The zero-order valence-electron chi connectivity index (χ0n) is 18.4. The lowest BCUT2D eigenvalue weighted by Gasteiger charge is -2.16. The van der Waals surface area contributed by atoms with Crippen LogP contribution in [0.5, 0.6) is 0 Å². The van der Waals surface area contributed by atoms with Crippen molar-refractivity contribution < 1.29 is 4.79 Å². The summed E-state index contributed by atoms with van der Waals surface area (Å²) in [6.45, 7) is 4.69. The summed E-state index contributed by atoms with van der Waals surface area (Å²) in [5, 5.41) is 13.1. The van der Waals surface area contributed by atoms with Gasteiger partial charge in [-0.1, -0.05) is 73.6 Å². The number of hydrogen-bond acceptors (Lipinski definition) is 5. The molecule has 0 saturated carbocycles. The highest BCUT2D eigenvalue weighted by Gasteiger charge is 2.20. The van der Waals surface area contributed by atoms with Crippen molar-refractivity contribution in [2.75, 3.05) is 5.75 Å². The highest BCUT2D eigenvalue weighted by Crippen LogP contribution is 2.31. The van der Waals surface area contributed by atoms with Crippen molar-refractivity contribution in [3.05, 3.63) is 89.2 Å². The fraction of sp³-hybridized carbons (Fsp3) is 0.200. The third-order valence-corrected chi connectivity index (χ3v) is 6.42. The quantitative estimate of drug-likeness (QED) is 0.338. The summed E-state index contributed by atoms with van der Waals surface area (Å²) < 4.78 is 2.01. The molecular formula is C25H24ClN5OS. The molecule has 0 radical (unpaired) electrons. The second-order valence-electron chi connectivity index (χ2n) is 7.75. The van der Waals surface area contributed by atoms with Crippen LogP contribution in [0.15, 0.2) is 78.2 Å². The number of aromatic nitrogens is 4. The van der Waals surface area contributed by atoms with E-state index in [0.717, 1.165) is 16.8 Å². The van der Waals surface area contributed by atoms with Gasteiger partial charge < -0.3 is 5.32 Å². The summed E-state index contributed by atoms with van der Waals surface area (Å²) in [6.07, 6.45) is 3.49. The molecule has 0 aliphatic carbocycles. The smallest absolute Gasteiger partial charge is 0.230 e. The molecule has 1 N–H and O–H groups in total. The van der Waals surface area contributed by atoms with Gasteiger partial charge >= 0.3 is 0 Å². The normalized spacial score (nSPS) is 11.0. The second kappa shape index (κ2) is 10.6. The Bertz CT molecular complexity index is 1240. The number of nitrogens with zero attached hydrogens (tertiary/aromatic N) is 4. The maximum absolute atomic E-state index is 12.6. The Hall–Kier alpha value is -3.16. The summed E-state index contributed by atoms with van der Waals surface area (Å²) in [6, 6.07) is 19.5. The van der Waals surface area contributed by atoms with Gasteiger partial charge in [-0.15, -0.1) is 10.2 Å². The van der Waals surface area contributed by atoms with Crippen LogP contribution in [0, 0.1) is 0 Å². The van der Waals surface area contributed by atoms with Gasteiger partial charge in [-0.3, -0.25) is 14.3 Å². The van der Waals surface area contributed by atoms with Crippen molar-refractivity contribution in [2.24, 2.45) is 0 Å². The van der Waals surface area contributed by atoms with Gasteiger partial charge in [0.05, 0.1) is 11.4 Å². The van der Waals surface area contributed by atoms with E-state index in [1.54, 1.807) is 12.4 Å². The lowest BCUT2D eigenvalue weighted by molar-refractivity contribution is -0.118. The van der Waals surface area contributed by atoms with Gasteiger partial charge in [-0.25, -0.2) is 0 Å². The molecule has 0 fully saturated rings. The minimum Gasteiger partial charge on any atom is -0.351 e. The Morgan fingerprint density at radius 1 is 1.06 bits per heavy atom. The first-order chi connectivity index (χ1) is 16.0. The zero-order chi connectivity index (χ0) is 23.2. The molecule has 0 bridgehead atoms. The predicted molar refractivity (Wildman–Crippen MR) is 133 cm³/mol. The summed E-state index contributed by atoms with van der Waals surface area (Å²) >= 11 is 7.54. The van der Waals surface area contributed by atoms with Gasteiger partial charge in [-0.2, -0.15) is 0 Å². The van der Waals surface area contributed by atoms with E-state index < -0.39 is 0 Å². The van der Waals surface area contributed by atoms with Crippen molar-refractivity contribution in [1.82, 2.24) is 25.1 Å². The molecule has 168 valence electrons. The van der Waals surface area contributed by atoms with Crippen molar-refractivity contribution in [2.45, 2.75) is 31.5 Å². The Kier molecular flexibility index (Phi) is 7.42. The average Bonchev–Trinajstić information content (AvgIpc) is 3.26. The maximum Gasteiger partial charge on any atom is 0.230 e. The lowest BCUT2D eigenvalue weighted by Crippen LogP contribution is -2.24. The largest absolute Gasteiger partial charge is 0.351 e. The number of nitrogens with one attached hydrogen (secondary N) is 1. The fourth-order valence-electron chi connectivity index (χ4n) is 3.46. The predicted octanol–water partition coefficient (Wildman–Crippen LogP) is 5.51. The first-order valence-corrected chi connectivity index (χ1v) is 12.0. The molecule has 0 atom stereocenters. The number of benzene rings is 2. The van der Waals surface area contributed by atoms with Gasteiger partial charge in [0.15, 0.2) is 11.0 Å². The molecule has 2 aromatic carbocycles. The van der Waals surface area contributed by atoms with Gasteiger partial charge in [-0.05, 0) is 41.3 Å². The number of hydrogen-bond donors (Lipinski definition) is 1. The lowest BCUT2D eigenvalue weighted by atomic mass is 10.0. The van der Waals surface area contributed by atoms with Gasteiger partial charge in [0.25, 0.3) is 0 Å². The number of thioether (sulfide) groups is 1. The van der Waals surface area contributed by atoms with Crippen LogP contribution < -0.4 is 5.32 Å². The van der Waals surface area contributed by atoms with Gasteiger partial charge in [0.2, 0.25) is 5.91 Å². The average molecular weight is 478 g/mol. The minimum absolute atomic E-state index is 0.102. The van der Waals surface area contributed by atoms with Crippen LogP contribution in [0.1, 0.15) is 30.9 Å². The van der Waals surface area contributed by atoms with Crippen molar-refractivity contribution in [1.29, 1.82) is 0 Å². The van der Waals surface area contributed by atoms with Crippen LogP contribution in [0.4, 0.5) is 0 Å². The molecule has 0 spiro atoms. The second-order valence-corrected chi connectivity index (χ2v) is 9.10. The first kappa shape index (κ1) is 23.0. The van der Waals surface area contributed by atoms with Gasteiger partial charge in [0, 0.05) is 29.5 Å². The van der Waals surface area contributed by atoms with Crippen LogP contribution in [0.25, 0.3) is 17.1 Å². The highest BCUT2D eigenvalue weighted by atomic mass is 35.5. The summed E-state index contributed by atoms with van der Waals surface area (Å²) in [4.78, 5) is 16.8. The Morgan fingerprint density at radius 3 is 2.61 bits per heavy atom. The molecule has 2 aromatic heterocycles. The molecular weight excluding hydrogens is 454 g/mol. The van der Waals surface area contributed by atoms with Crippen LogP contribution in [0.2, 0.25) is 5.02 Å². The topological polar surface area (TPSA) is 72.7 Å². The van der Waals surface area contributed by atoms with Crippen molar-refractivity contribution in [3.8, 4) is 17.1 Å². The Balaban J connectivity index is 1.59. The number of carbonyl (C=O) groups is 1. The number of para-hydroxylation sites is 1. The Labute approximate surface area is 202 Å². The van der Waals surface area contributed by atoms with Crippen LogP contribution in [-0.2, 0) is 11.3 Å². The third-order valence-electron chi connectivity index (χ3n) is 5.12. The molecule has 33 heavy (non-hydrogen) atoms. The standard InChI is InChI=1S/C25H24ClN5OS/c1-17(2)20-10-4-6-12-22(20)31-24(19-9-7-13-27-14-19)29-30-25(31)33-16-23(32)28-15-18-8-3-5-11-21(18)26/h3-14,17H,15-16H2,1-2H3,(H,28,32). The van der Waals surface area contributed by atoms with Gasteiger partial charge in [0.1, 0.15) is 0 Å². The number of carbonyl (C=O) groups excluding carboxylic acids is 1. The van der Waals surface area contributed by atoms with E-state index in [9.17, 15) is 4.79 Å². The van der Waals surface area contributed by atoms with Crippen LogP contribution >= 0.6 is 23.4 Å². The molecule has 4 rings (SSSR count). The number of pyridine rings is 1. The number of amides is 1. The summed E-state index contributed by atoms with van der Waals surface area (Å²) in [5.41, 5.74) is 3.91. The number of halogens is 1.